The Morgan fingerprint density at radius 3 is 2.92 bits per heavy atom. The molecule has 1 aliphatic heterocycles. The first-order valence-corrected chi connectivity index (χ1v) is 4.65. The van der Waals surface area contributed by atoms with Gasteiger partial charge in [-0.1, -0.05) is 13.3 Å². The Hall–Kier alpha value is -0.0551. The van der Waals surface area contributed by atoms with Crippen molar-refractivity contribution in [2.75, 3.05) is 6.61 Å². The van der Waals surface area contributed by atoms with E-state index in [1.807, 2.05) is 13.8 Å². The number of hydrogen-bond acceptors (Lipinski definition) is 3. The second kappa shape index (κ2) is 4.85. The van der Waals surface area contributed by atoms with Gasteiger partial charge in [-0.15, -0.1) is 0 Å². The molecular weight excluding hydrogens is 155 g/mol. The van der Waals surface area contributed by atoms with Crippen molar-refractivity contribution in [3.8, 4) is 0 Å². The van der Waals surface area contributed by atoms with Gasteiger partial charge in [0.1, 0.15) is 0 Å². The summed E-state index contributed by atoms with van der Waals surface area (Å²) in [4.78, 5) is 0. The van der Waals surface area contributed by atoms with Crippen LogP contribution in [0.3, 0.4) is 0 Å². The van der Waals surface area contributed by atoms with Crippen molar-refractivity contribution < 1.29 is 14.0 Å². The van der Waals surface area contributed by atoms with Crippen molar-refractivity contribution in [3.63, 3.8) is 0 Å². The van der Waals surface area contributed by atoms with Crippen LogP contribution < -0.4 is 0 Å². The summed E-state index contributed by atoms with van der Waals surface area (Å²) in [5, 5.41) is 0. The van der Waals surface area contributed by atoms with Gasteiger partial charge in [-0.05, 0) is 20.3 Å². The molecule has 1 rings (SSSR count). The number of rotatable bonds is 4. The van der Waals surface area contributed by atoms with Crippen LogP contribution in [0.5, 0.6) is 0 Å². The standard InChI is InChI=1S/C8H17BO3/c1-4-5-7(2)11-9-10-6-8(3)12-9/h7-8H,4-6H2,1-3H3. The van der Waals surface area contributed by atoms with Gasteiger partial charge in [0, 0.05) is 6.10 Å². The lowest BCUT2D eigenvalue weighted by Crippen LogP contribution is -2.26. The lowest BCUT2D eigenvalue weighted by molar-refractivity contribution is 0.112. The first-order chi connectivity index (χ1) is 5.72. The molecule has 2 unspecified atom stereocenters. The van der Waals surface area contributed by atoms with Gasteiger partial charge >= 0.3 is 7.32 Å². The first-order valence-electron chi connectivity index (χ1n) is 4.65. The molecule has 0 amide bonds. The van der Waals surface area contributed by atoms with Crippen LogP contribution in [0.15, 0.2) is 0 Å². The molecule has 1 saturated heterocycles. The summed E-state index contributed by atoms with van der Waals surface area (Å²) < 4.78 is 16.0. The van der Waals surface area contributed by atoms with E-state index in [4.69, 9.17) is 14.0 Å². The molecule has 1 aliphatic rings. The molecule has 2 atom stereocenters. The van der Waals surface area contributed by atoms with Crippen LogP contribution in [-0.4, -0.2) is 26.1 Å². The largest absolute Gasteiger partial charge is 0.639 e. The van der Waals surface area contributed by atoms with E-state index in [2.05, 4.69) is 6.92 Å². The minimum absolute atomic E-state index is 0.170. The summed E-state index contributed by atoms with van der Waals surface area (Å²) in [6, 6.07) is 0. The Bertz CT molecular complexity index is 131. The Balaban J connectivity index is 2.14. The van der Waals surface area contributed by atoms with Crippen LogP contribution in [0.2, 0.25) is 0 Å². The lowest BCUT2D eigenvalue weighted by Gasteiger charge is -2.13. The fourth-order valence-corrected chi connectivity index (χ4v) is 1.22. The summed E-state index contributed by atoms with van der Waals surface area (Å²) in [6.45, 7) is 6.80. The van der Waals surface area contributed by atoms with E-state index in [-0.39, 0.29) is 12.2 Å². The van der Waals surface area contributed by atoms with Gasteiger partial charge in [0.05, 0.1) is 12.7 Å². The van der Waals surface area contributed by atoms with E-state index >= 15 is 0 Å². The summed E-state index contributed by atoms with van der Waals surface area (Å²) in [5.41, 5.74) is 0. The topological polar surface area (TPSA) is 27.7 Å². The van der Waals surface area contributed by atoms with E-state index in [1.165, 1.54) is 0 Å². The van der Waals surface area contributed by atoms with Crippen LogP contribution in [0.4, 0.5) is 0 Å². The molecule has 0 radical (unpaired) electrons. The highest BCUT2D eigenvalue weighted by atomic mass is 16.8. The van der Waals surface area contributed by atoms with Crippen molar-refractivity contribution in [1.29, 1.82) is 0 Å². The lowest BCUT2D eigenvalue weighted by atomic mass is 10.2. The van der Waals surface area contributed by atoms with E-state index in [1.54, 1.807) is 0 Å². The average Bonchev–Trinajstić information content (AvgIpc) is 2.36. The second-order valence-corrected chi connectivity index (χ2v) is 3.30. The zero-order chi connectivity index (χ0) is 8.97. The first kappa shape index (κ1) is 10.0. The molecule has 1 fully saturated rings. The van der Waals surface area contributed by atoms with Crippen LogP contribution in [0, 0.1) is 0 Å². The summed E-state index contributed by atoms with van der Waals surface area (Å²) in [5.74, 6) is 0. The Kier molecular flexibility index (Phi) is 4.05. The van der Waals surface area contributed by atoms with Gasteiger partial charge < -0.3 is 14.0 Å². The SMILES string of the molecule is CCCC(C)OB1OCC(C)O1. The van der Waals surface area contributed by atoms with Crippen molar-refractivity contribution in [2.45, 2.75) is 45.8 Å². The molecule has 70 valence electrons. The van der Waals surface area contributed by atoms with Crippen molar-refractivity contribution in [3.05, 3.63) is 0 Å². The minimum Gasteiger partial charge on any atom is -0.383 e. The summed E-state index contributed by atoms with van der Waals surface area (Å²) >= 11 is 0. The summed E-state index contributed by atoms with van der Waals surface area (Å²) in [6.07, 6.45) is 2.58. The Labute approximate surface area is 74.6 Å². The zero-order valence-electron chi connectivity index (χ0n) is 8.08. The molecule has 4 heteroatoms. The van der Waals surface area contributed by atoms with Crippen molar-refractivity contribution in [2.24, 2.45) is 0 Å². The van der Waals surface area contributed by atoms with E-state index in [9.17, 15) is 0 Å². The molecule has 0 aliphatic carbocycles. The highest BCUT2D eigenvalue weighted by molar-refractivity contribution is 6.37. The highest BCUT2D eigenvalue weighted by Crippen LogP contribution is 2.12. The maximum absolute atomic E-state index is 5.48. The van der Waals surface area contributed by atoms with Gasteiger partial charge in [0.25, 0.3) is 0 Å². The molecule has 0 aromatic carbocycles. The third-order valence-electron chi connectivity index (χ3n) is 1.85. The molecule has 12 heavy (non-hydrogen) atoms. The average molecular weight is 172 g/mol. The minimum atomic E-state index is -0.429. The Morgan fingerprint density at radius 2 is 2.42 bits per heavy atom. The van der Waals surface area contributed by atoms with E-state index in [0.29, 0.717) is 6.61 Å². The van der Waals surface area contributed by atoms with Crippen LogP contribution in [0.1, 0.15) is 33.6 Å². The molecule has 0 aromatic rings. The third-order valence-corrected chi connectivity index (χ3v) is 1.85. The molecule has 0 bridgehead atoms. The van der Waals surface area contributed by atoms with Crippen LogP contribution in [-0.2, 0) is 14.0 Å². The smallest absolute Gasteiger partial charge is 0.383 e. The normalized spacial score (nSPS) is 26.2. The van der Waals surface area contributed by atoms with E-state index < -0.39 is 7.32 Å². The third kappa shape index (κ3) is 3.13. The quantitative estimate of drug-likeness (QED) is 0.603. The predicted octanol–water partition coefficient (Wildman–Crippen LogP) is 1.61. The van der Waals surface area contributed by atoms with Gasteiger partial charge in [-0.3, -0.25) is 0 Å². The van der Waals surface area contributed by atoms with Crippen LogP contribution >= 0.6 is 0 Å². The molecule has 0 N–H and O–H groups in total. The second-order valence-electron chi connectivity index (χ2n) is 3.30. The molecule has 0 spiro atoms. The van der Waals surface area contributed by atoms with Crippen molar-refractivity contribution in [1.82, 2.24) is 0 Å². The summed E-state index contributed by atoms with van der Waals surface area (Å²) in [7, 11) is -0.429. The van der Waals surface area contributed by atoms with Gasteiger partial charge in [-0.25, -0.2) is 0 Å². The number of hydrogen-bond donors (Lipinski definition) is 0. The van der Waals surface area contributed by atoms with Crippen molar-refractivity contribution >= 4 is 7.32 Å². The van der Waals surface area contributed by atoms with E-state index in [0.717, 1.165) is 12.8 Å². The predicted molar refractivity (Wildman–Crippen MR) is 47.7 cm³/mol. The molecule has 0 saturated carbocycles. The molecule has 1 heterocycles. The van der Waals surface area contributed by atoms with Crippen LogP contribution in [0.25, 0.3) is 0 Å². The van der Waals surface area contributed by atoms with Gasteiger partial charge in [-0.2, -0.15) is 0 Å². The highest BCUT2D eigenvalue weighted by Gasteiger charge is 2.32. The molecule has 0 aromatic heterocycles. The molecule has 3 nitrogen and oxygen atoms in total. The van der Waals surface area contributed by atoms with Gasteiger partial charge in [0.2, 0.25) is 0 Å². The monoisotopic (exact) mass is 172 g/mol. The maximum atomic E-state index is 5.48. The fraction of sp³-hybridized carbons (Fsp3) is 1.00. The maximum Gasteiger partial charge on any atom is 0.639 e. The Morgan fingerprint density at radius 1 is 1.67 bits per heavy atom. The van der Waals surface area contributed by atoms with Gasteiger partial charge in [0.15, 0.2) is 0 Å². The fourth-order valence-electron chi connectivity index (χ4n) is 1.22. The zero-order valence-corrected chi connectivity index (χ0v) is 8.08. The molecular formula is C8H17BO3.